The van der Waals surface area contributed by atoms with E-state index in [0.717, 1.165) is 5.01 Å². The van der Waals surface area contributed by atoms with E-state index in [1.807, 2.05) is 0 Å². The van der Waals surface area contributed by atoms with Crippen LogP contribution in [-0.4, -0.2) is 34.5 Å². The van der Waals surface area contributed by atoms with E-state index in [2.05, 4.69) is 5.43 Å². The van der Waals surface area contributed by atoms with Gasteiger partial charge in [-0.3, -0.25) is 0 Å². The molecule has 1 rings (SSSR count). The van der Waals surface area contributed by atoms with E-state index in [-0.39, 0.29) is 6.54 Å². The number of aliphatic hydroxyl groups is 1. The zero-order valence-corrected chi connectivity index (χ0v) is 14.0. The summed E-state index contributed by atoms with van der Waals surface area (Å²) in [6, 6.07) is 3.91. The molecular formula is C11H15Cl2N3O2S2. The van der Waals surface area contributed by atoms with E-state index in [0.29, 0.717) is 15.7 Å². The van der Waals surface area contributed by atoms with Gasteiger partial charge in [0.15, 0.2) is 4.27 Å². The highest BCUT2D eigenvalue weighted by atomic mass is 35.5. The predicted octanol–water partition coefficient (Wildman–Crippen LogP) is 2.76. The quantitative estimate of drug-likeness (QED) is 0.540. The van der Waals surface area contributed by atoms with E-state index in [1.54, 1.807) is 30.7 Å². The Hall–Kier alpha value is -0.310. The summed E-state index contributed by atoms with van der Waals surface area (Å²) in [6.45, 7) is 0.113. The van der Waals surface area contributed by atoms with E-state index >= 15 is 0 Å². The fraction of sp³-hybridized carbons (Fsp3) is 0.364. The summed E-state index contributed by atoms with van der Waals surface area (Å²) in [6.07, 6.45) is 3.53. The number of anilines is 1. The number of carbonyl (C=O) groups excluding carboxylic acids is 1. The van der Waals surface area contributed by atoms with Crippen molar-refractivity contribution in [1.82, 2.24) is 5.43 Å². The molecule has 1 aromatic carbocycles. The third kappa shape index (κ3) is 4.91. The molecule has 9 heteroatoms. The monoisotopic (exact) mass is 355 g/mol. The number of hydrogen-bond donors (Lipinski definition) is 3. The Kier molecular flexibility index (Phi) is 6.77. The van der Waals surface area contributed by atoms with Gasteiger partial charge in [-0.1, -0.05) is 23.2 Å². The molecule has 20 heavy (non-hydrogen) atoms. The molecule has 0 saturated heterocycles. The molecule has 0 bridgehead atoms. The molecule has 2 amide bonds. The Balaban J connectivity index is 2.92. The summed E-state index contributed by atoms with van der Waals surface area (Å²) < 4.78 is -1.07. The lowest BCUT2D eigenvalue weighted by Crippen LogP contribution is -2.50. The highest BCUT2D eigenvalue weighted by molar-refractivity contribution is 8.17. The van der Waals surface area contributed by atoms with Crippen LogP contribution in [0.1, 0.15) is 0 Å². The van der Waals surface area contributed by atoms with Gasteiger partial charge in [-0.2, -0.15) is 0 Å². The van der Waals surface area contributed by atoms with Crippen LogP contribution in [0, 0.1) is 0 Å². The molecule has 0 aliphatic carbocycles. The van der Waals surface area contributed by atoms with Crippen LogP contribution in [0.2, 0.25) is 10.0 Å². The molecule has 0 spiro atoms. The number of carbonyl (C=O) groups is 1. The van der Waals surface area contributed by atoms with Crippen molar-refractivity contribution in [2.45, 2.75) is 4.27 Å². The van der Waals surface area contributed by atoms with Crippen LogP contribution in [0.25, 0.3) is 0 Å². The molecule has 112 valence electrons. The highest BCUT2D eigenvalue weighted by Crippen LogP contribution is 2.30. The number of halogens is 2. The van der Waals surface area contributed by atoms with E-state index < -0.39 is 10.3 Å². The number of nitrogens with zero attached hydrogens (tertiary/aromatic N) is 1. The number of urea groups is 1. The number of nitrogens with two attached hydrogens (primary N) is 1. The van der Waals surface area contributed by atoms with E-state index in [9.17, 15) is 9.90 Å². The first-order valence-corrected chi connectivity index (χ1v) is 8.63. The van der Waals surface area contributed by atoms with E-state index in [1.165, 1.54) is 23.5 Å². The van der Waals surface area contributed by atoms with Gasteiger partial charge in [0.2, 0.25) is 0 Å². The van der Waals surface area contributed by atoms with Crippen LogP contribution in [0.4, 0.5) is 10.5 Å². The highest BCUT2D eigenvalue weighted by Gasteiger charge is 2.26. The summed E-state index contributed by atoms with van der Waals surface area (Å²) >= 11 is 14.3. The molecule has 5 nitrogen and oxygen atoms in total. The van der Waals surface area contributed by atoms with Gasteiger partial charge in [0.25, 0.3) is 0 Å². The predicted molar refractivity (Wildman–Crippen MR) is 88.5 cm³/mol. The standard InChI is InChI=1S/C11H15Cl2N3O2S2/c1-19-11(18,20-2)6-15-16(10(14)17)9-4-7(12)3-8(13)5-9/h3-5,15,18H,6H2,1-2H3,(H2,14,17). The zero-order valence-electron chi connectivity index (χ0n) is 10.9. The smallest absolute Gasteiger partial charge is 0.333 e. The first-order valence-electron chi connectivity index (χ1n) is 5.43. The molecule has 4 N–H and O–H groups in total. The minimum Gasteiger partial charge on any atom is -0.369 e. The lowest BCUT2D eigenvalue weighted by atomic mass is 10.3. The molecular weight excluding hydrogens is 341 g/mol. The fourth-order valence-corrected chi connectivity index (χ4v) is 2.97. The Morgan fingerprint density at radius 2 is 1.85 bits per heavy atom. The maximum absolute atomic E-state index is 11.5. The van der Waals surface area contributed by atoms with E-state index in [4.69, 9.17) is 28.9 Å². The van der Waals surface area contributed by atoms with Crippen molar-refractivity contribution in [3.05, 3.63) is 28.2 Å². The largest absolute Gasteiger partial charge is 0.369 e. The summed E-state index contributed by atoms with van der Waals surface area (Å²) in [5, 5.41) is 12.0. The maximum Gasteiger partial charge on any atom is 0.333 e. The summed E-state index contributed by atoms with van der Waals surface area (Å²) in [7, 11) is 0. The molecule has 0 saturated carbocycles. The van der Waals surface area contributed by atoms with Crippen LogP contribution in [0.15, 0.2) is 18.2 Å². The second-order valence-corrected chi connectivity index (χ2v) is 7.06. The maximum atomic E-state index is 11.5. The number of amides is 2. The van der Waals surface area contributed by atoms with Gasteiger partial charge in [-0.05, 0) is 30.7 Å². The normalized spacial score (nSPS) is 11.4. The van der Waals surface area contributed by atoms with Crippen LogP contribution in [0.3, 0.4) is 0 Å². The van der Waals surface area contributed by atoms with Gasteiger partial charge in [-0.25, -0.2) is 15.2 Å². The molecule has 0 atom stereocenters. The van der Waals surface area contributed by atoms with Crippen molar-refractivity contribution < 1.29 is 9.90 Å². The van der Waals surface area contributed by atoms with Crippen molar-refractivity contribution >= 4 is 58.4 Å². The summed E-state index contributed by atoms with van der Waals surface area (Å²) in [5.74, 6) is 0. The second-order valence-electron chi connectivity index (χ2n) is 3.76. The lowest BCUT2D eigenvalue weighted by Gasteiger charge is -2.28. The number of hydrogen-bond acceptors (Lipinski definition) is 5. The summed E-state index contributed by atoms with van der Waals surface area (Å²) in [5.41, 5.74) is 8.51. The van der Waals surface area contributed by atoms with Gasteiger partial charge in [0.05, 0.1) is 12.2 Å². The minimum absolute atomic E-state index is 0.113. The first kappa shape index (κ1) is 17.7. The van der Waals surface area contributed by atoms with Crippen molar-refractivity contribution in [2.75, 3.05) is 24.1 Å². The molecule has 1 aromatic rings. The average molecular weight is 356 g/mol. The minimum atomic E-state index is -1.07. The van der Waals surface area contributed by atoms with Crippen LogP contribution in [-0.2, 0) is 0 Å². The molecule has 0 aliphatic rings. The van der Waals surface area contributed by atoms with Crippen LogP contribution < -0.4 is 16.2 Å². The number of hydrazine groups is 1. The van der Waals surface area contributed by atoms with Gasteiger partial charge < -0.3 is 10.8 Å². The fourth-order valence-electron chi connectivity index (χ4n) is 1.37. The van der Waals surface area contributed by atoms with Crippen molar-refractivity contribution in [1.29, 1.82) is 0 Å². The topological polar surface area (TPSA) is 78.6 Å². The Morgan fingerprint density at radius 3 is 2.25 bits per heavy atom. The van der Waals surface area contributed by atoms with Crippen molar-refractivity contribution in [3.63, 3.8) is 0 Å². The van der Waals surface area contributed by atoms with Gasteiger partial charge in [-0.15, -0.1) is 23.5 Å². The Morgan fingerprint density at radius 1 is 1.35 bits per heavy atom. The van der Waals surface area contributed by atoms with Crippen molar-refractivity contribution in [2.24, 2.45) is 5.73 Å². The van der Waals surface area contributed by atoms with Crippen LogP contribution in [0.5, 0.6) is 0 Å². The molecule has 0 aromatic heterocycles. The Labute approximate surface area is 136 Å². The number of benzene rings is 1. The molecule has 0 unspecified atom stereocenters. The molecule has 0 radical (unpaired) electrons. The zero-order chi connectivity index (χ0) is 15.3. The molecule has 0 heterocycles. The molecule has 0 aliphatic heterocycles. The first-order chi connectivity index (χ1) is 9.31. The van der Waals surface area contributed by atoms with Gasteiger partial charge in [0, 0.05) is 10.0 Å². The SMILES string of the molecule is CSC(O)(CNN(C(N)=O)c1cc(Cl)cc(Cl)c1)SC. The second kappa shape index (κ2) is 7.63. The number of rotatable bonds is 6. The summed E-state index contributed by atoms with van der Waals surface area (Å²) in [4.78, 5) is 11.5. The van der Waals surface area contributed by atoms with Gasteiger partial charge >= 0.3 is 6.03 Å². The lowest BCUT2D eigenvalue weighted by molar-refractivity contribution is 0.222. The average Bonchev–Trinajstić information content (AvgIpc) is 2.37. The number of primary amides is 1. The Bertz CT molecular complexity index is 466. The molecule has 0 fully saturated rings. The van der Waals surface area contributed by atoms with Gasteiger partial charge in [0.1, 0.15) is 0 Å². The van der Waals surface area contributed by atoms with Crippen molar-refractivity contribution in [3.8, 4) is 0 Å². The van der Waals surface area contributed by atoms with Crippen LogP contribution >= 0.6 is 46.7 Å². The number of nitrogens with one attached hydrogen (secondary N) is 1. The number of thioether (sulfide) groups is 2. The third-order valence-corrected chi connectivity index (χ3v) is 5.43. The third-order valence-electron chi connectivity index (χ3n) is 2.42.